The average molecular weight is 290 g/mol. The number of benzene rings is 1. The molecule has 0 bridgehead atoms. The summed E-state index contributed by atoms with van der Waals surface area (Å²) in [7, 11) is 1.61. The zero-order chi connectivity index (χ0) is 13.0. The Kier molecular flexibility index (Phi) is 5.13. The highest BCUT2D eigenvalue weighted by Gasteiger charge is 2.15. The molecule has 18 heavy (non-hydrogen) atoms. The van der Waals surface area contributed by atoms with Crippen molar-refractivity contribution in [2.24, 2.45) is 0 Å². The molecule has 0 aromatic heterocycles. The first-order valence-corrected chi connectivity index (χ1v) is 6.80. The SMILES string of the molecule is COc1c(Cl)cc(Cl)cc1CNCC1CCCO1. The highest BCUT2D eigenvalue weighted by molar-refractivity contribution is 6.35. The largest absolute Gasteiger partial charge is 0.495 e. The van der Waals surface area contributed by atoms with Gasteiger partial charge in [-0.3, -0.25) is 0 Å². The summed E-state index contributed by atoms with van der Waals surface area (Å²) in [6.07, 6.45) is 2.60. The molecule has 5 heteroatoms. The molecular formula is C13H17Cl2NO2. The minimum absolute atomic E-state index is 0.325. The summed E-state index contributed by atoms with van der Waals surface area (Å²) in [6, 6.07) is 3.56. The van der Waals surface area contributed by atoms with Crippen LogP contribution in [0.5, 0.6) is 5.75 Å². The van der Waals surface area contributed by atoms with E-state index in [1.807, 2.05) is 6.07 Å². The molecule has 0 radical (unpaired) electrons. The Morgan fingerprint density at radius 3 is 2.94 bits per heavy atom. The Morgan fingerprint density at radius 2 is 2.28 bits per heavy atom. The Bertz CT molecular complexity index is 406. The van der Waals surface area contributed by atoms with Crippen molar-refractivity contribution in [1.82, 2.24) is 5.32 Å². The topological polar surface area (TPSA) is 30.5 Å². The lowest BCUT2D eigenvalue weighted by Crippen LogP contribution is -2.26. The number of hydrogen-bond acceptors (Lipinski definition) is 3. The molecule has 1 atom stereocenters. The van der Waals surface area contributed by atoms with Gasteiger partial charge in [-0.2, -0.15) is 0 Å². The smallest absolute Gasteiger partial charge is 0.142 e. The van der Waals surface area contributed by atoms with E-state index in [0.717, 1.165) is 31.6 Å². The van der Waals surface area contributed by atoms with Gasteiger partial charge < -0.3 is 14.8 Å². The number of halogens is 2. The molecule has 0 saturated carbocycles. The molecule has 1 unspecified atom stereocenters. The van der Waals surface area contributed by atoms with Crippen molar-refractivity contribution in [3.05, 3.63) is 27.7 Å². The summed E-state index contributed by atoms with van der Waals surface area (Å²) in [5.74, 6) is 0.681. The number of rotatable bonds is 5. The van der Waals surface area contributed by atoms with E-state index in [1.54, 1.807) is 13.2 Å². The van der Waals surface area contributed by atoms with Crippen LogP contribution in [0.25, 0.3) is 0 Å². The Balaban J connectivity index is 1.95. The van der Waals surface area contributed by atoms with Crippen LogP contribution in [0.3, 0.4) is 0 Å². The van der Waals surface area contributed by atoms with Gasteiger partial charge in [-0.05, 0) is 25.0 Å². The van der Waals surface area contributed by atoms with Crippen LogP contribution in [0, 0.1) is 0 Å². The minimum atomic E-state index is 0.325. The maximum atomic E-state index is 6.08. The summed E-state index contributed by atoms with van der Waals surface area (Å²) in [4.78, 5) is 0. The van der Waals surface area contributed by atoms with E-state index in [-0.39, 0.29) is 0 Å². The second-order valence-corrected chi connectivity index (χ2v) is 5.19. The second kappa shape index (κ2) is 6.62. The highest BCUT2D eigenvalue weighted by atomic mass is 35.5. The van der Waals surface area contributed by atoms with Crippen LogP contribution in [0.4, 0.5) is 0 Å². The molecular weight excluding hydrogens is 273 g/mol. The van der Waals surface area contributed by atoms with E-state index in [4.69, 9.17) is 32.7 Å². The average Bonchev–Trinajstić information content (AvgIpc) is 2.81. The maximum Gasteiger partial charge on any atom is 0.142 e. The van der Waals surface area contributed by atoms with Crippen LogP contribution in [0.2, 0.25) is 10.0 Å². The fourth-order valence-electron chi connectivity index (χ4n) is 2.15. The highest BCUT2D eigenvalue weighted by Crippen LogP contribution is 2.32. The van der Waals surface area contributed by atoms with Gasteiger partial charge in [0.05, 0.1) is 18.2 Å². The first-order valence-electron chi connectivity index (χ1n) is 6.05. The molecule has 1 fully saturated rings. The molecule has 0 aliphatic carbocycles. The lowest BCUT2D eigenvalue weighted by molar-refractivity contribution is 0.110. The first kappa shape index (κ1) is 13.9. The fourth-order valence-corrected chi connectivity index (χ4v) is 2.76. The molecule has 1 aromatic rings. The molecule has 100 valence electrons. The number of nitrogens with one attached hydrogen (secondary N) is 1. The summed E-state index contributed by atoms with van der Waals surface area (Å²) in [5, 5.41) is 4.51. The summed E-state index contributed by atoms with van der Waals surface area (Å²) in [5.41, 5.74) is 0.966. The summed E-state index contributed by atoms with van der Waals surface area (Å²) < 4.78 is 10.8. The van der Waals surface area contributed by atoms with Crippen LogP contribution >= 0.6 is 23.2 Å². The molecule has 1 aliphatic heterocycles. The molecule has 2 rings (SSSR count). The third-order valence-corrected chi connectivity index (χ3v) is 3.50. The zero-order valence-corrected chi connectivity index (χ0v) is 11.9. The predicted molar refractivity (Wildman–Crippen MR) is 73.7 cm³/mol. The molecule has 1 saturated heterocycles. The lowest BCUT2D eigenvalue weighted by atomic mass is 10.2. The second-order valence-electron chi connectivity index (χ2n) is 4.35. The van der Waals surface area contributed by atoms with Gasteiger partial charge in [0.1, 0.15) is 5.75 Å². The predicted octanol–water partition coefficient (Wildman–Crippen LogP) is 3.27. The van der Waals surface area contributed by atoms with Crippen molar-refractivity contribution in [3.63, 3.8) is 0 Å². The quantitative estimate of drug-likeness (QED) is 0.902. The van der Waals surface area contributed by atoms with Crippen molar-refractivity contribution >= 4 is 23.2 Å². The fraction of sp³-hybridized carbons (Fsp3) is 0.538. The van der Waals surface area contributed by atoms with Gasteiger partial charge in [0, 0.05) is 30.3 Å². The minimum Gasteiger partial charge on any atom is -0.495 e. The standard InChI is InChI=1S/C13H17Cl2NO2/c1-17-13-9(5-10(14)6-12(13)15)7-16-8-11-3-2-4-18-11/h5-6,11,16H,2-4,7-8H2,1H3. The molecule has 0 spiro atoms. The van der Waals surface area contributed by atoms with E-state index in [9.17, 15) is 0 Å². The molecule has 1 aromatic carbocycles. The monoisotopic (exact) mass is 289 g/mol. The van der Waals surface area contributed by atoms with Crippen LogP contribution < -0.4 is 10.1 Å². The number of hydrogen-bond donors (Lipinski definition) is 1. The van der Waals surface area contributed by atoms with Crippen molar-refractivity contribution in [3.8, 4) is 5.75 Å². The third kappa shape index (κ3) is 3.51. The molecule has 0 amide bonds. The van der Waals surface area contributed by atoms with Crippen LogP contribution in [-0.2, 0) is 11.3 Å². The first-order chi connectivity index (χ1) is 8.70. The maximum absolute atomic E-state index is 6.08. The molecule has 1 aliphatic rings. The lowest BCUT2D eigenvalue weighted by Gasteiger charge is -2.14. The van der Waals surface area contributed by atoms with Crippen LogP contribution in [0.1, 0.15) is 18.4 Å². The third-order valence-electron chi connectivity index (χ3n) is 3.00. The van der Waals surface area contributed by atoms with Gasteiger partial charge in [0.2, 0.25) is 0 Å². The normalized spacial score (nSPS) is 19.2. The van der Waals surface area contributed by atoms with E-state index in [2.05, 4.69) is 5.32 Å². The van der Waals surface area contributed by atoms with Crippen molar-refractivity contribution in [2.75, 3.05) is 20.3 Å². The van der Waals surface area contributed by atoms with Gasteiger partial charge >= 0.3 is 0 Å². The van der Waals surface area contributed by atoms with Crippen molar-refractivity contribution < 1.29 is 9.47 Å². The van der Waals surface area contributed by atoms with Gasteiger partial charge in [0.15, 0.2) is 0 Å². The zero-order valence-electron chi connectivity index (χ0n) is 10.3. The van der Waals surface area contributed by atoms with E-state index in [1.165, 1.54) is 0 Å². The van der Waals surface area contributed by atoms with Crippen molar-refractivity contribution in [2.45, 2.75) is 25.5 Å². The number of methoxy groups -OCH3 is 1. The molecule has 1 heterocycles. The van der Waals surface area contributed by atoms with Gasteiger partial charge in [-0.25, -0.2) is 0 Å². The van der Waals surface area contributed by atoms with E-state index < -0.39 is 0 Å². The van der Waals surface area contributed by atoms with E-state index in [0.29, 0.717) is 28.4 Å². The molecule has 3 nitrogen and oxygen atoms in total. The Hall–Kier alpha value is -0.480. The Labute approximate surface area is 117 Å². The van der Waals surface area contributed by atoms with Gasteiger partial charge in [-0.1, -0.05) is 23.2 Å². The number of ether oxygens (including phenoxy) is 2. The Morgan fingerprint density at radius 1 is 1.44 bits per heavy atom. The van der Waals surface area contributed by atoms with Crippen molar-refractivity contribution in [1.29, 1.82) is 0 Å². The van der Waals surface area contributed by atoms with E-state index >= 15 is 0 Å². The summed E-state index contributed by atoms with van der Waals surface area (Å²) >= 11 is 12.1. The van der Waals surface area contributed by atoms with Gasteiger partial charge in [-0.15, -0.1) is 0 Å². The van der Waals surface area contributed by atoms with Crippen LogP contribution in [0.15, 0.2) is 12.1 Å². The van der Waals surface area contributed by atoms with Gasteiger partial charge in [0.25, 0.3) is 0 Å². The van der Waals surface area contributed by atoms with Crippen LogP contribution in [-0.4, -0.2) is 26.4 Å². The molecule has 1 N–H and O–H groups in total. The summed E-state index contributed by atoms with van der Waals surface area (Å²) in [6.45, 7) is 2.38.